The number of amides is 1. The van der Waals surface area contributed by atoms with Crippen molar-refractivity contribution in [3.63, 3.8) is 0 Å². The second kappa shape index (κ2) is 5.57. The van der Waals surface area contributed by atoms with Gasteiger partial charge in [-0.15, -0.1) is 0 Å². The van der Waals surface area contributed by atoms with E-state index in [-0.39, 0.29) is 17.8 Å². The summed E-state index contributed by atoms with van der Waals surface area (Å²) in [6, 6.07) is 8.32. The number of likely N-dealkylation sites (tertiary alicyclic amines) is 1. The highest BCUT2D eigenvalue weighted by Crippen LogP contribution is 2.23. The Hall–Kier alpha value is -2.14. The summed E-state index contributed by atoms with van der Waals surface area (Å²) in [6.45, 7) is 5.11. The molecule has 0 radical (unpaired) electrons. The first-order valence-corrected chi connectivity index (χ1v) is 7.47. The number of hydrogen-bond acceptors (Lipinski definition) is 2. The Labute approximate surface area is 129 Å². The Morgan fingerprint density at radius 3 is 2.73 bits per heavy atom. The maximum absolute atomic E-state index is 13.5. The Bertz CT molecular complexity index is 723. The SMILES string of the molecule is Cc1cc(C(=O)N2CC[C@H](N)C2)c(C)n1-c1cccc(F)c1. The number of rotatable bonds is 2. The van der Waals surface area contributed by atoms with Crippen molar-refractivity contribution >= 4 is 5.91 Å². The summed E-state index contributed by atoms with van der Waals surface area (Å²) in [5, 5.41) is 0. The van der Waals surface area contributed by atoms with Crippen molar-refractivity contribution in [1.29, 1.82) is 0 Å². The minimum absolute atomic E-state index is 0.00343. The largest absolute Gasteiger partial charge is 0.337 e. The van der Waals surface area contributed by atoms with Gasteiger partial charge in [0.1, 0.15) is 5.82 Å². The standard InChI is InChI=1S/C17H20FN3O/c1-11-8-16(17(22)20-7-6-14(19)10-20)12(2)21(11)15-5-3-4-13(18)9-15/h3-5,8-9,14H,6-7,10,19H2,1-2H3/t14-/m0/s1. The fraction of sp³-hybridized carbons (Fsp3) is 0.353. The van der Waals surface area contributed by atoms with E-state index < -0.39 is 0 Å². The molecule has 3 rings (SSSR count). The number of carbonyl (C=O) groups is 1. The van der Waals surface area contributed by atoms with E-state index in [0.29, 0.717) is 18.7 Å². The van der Waals surface area contributed by atoms with Gasteiger partial charge in [-0.25, -0.2) is 4.39 Å². The Kier molecular flexibility index (Phi) is 3.74. The maximum atomic E-state index is 13.5. The zero-order valence-corrected chi connectivity index (χ0v) is 12.8. The lowest BCUT2D eigenvalue weighted by Gasteiger charge is -2.16. The summed E-state index contributed by atoms with van der Waals surface area (Å²) < 4.78 is 15.4. The van der Waals surface area contributed by atoms with E-state index in [2.05, 4.69) is 0 Å². The number of hydrogen-bond donors (Lipinski definition) is 1. The van der Waals surface area contributed by atoms with Crippen molar-refractivity contribution in [3.05, 3.63) is 53.1 Å². The topological polar surface area (TPSA) is 51.3 Å². The van der Waals surface area contributed by atoms with Crippen molar-refractivity contribution < 1.29 is 9.18 Å². The molecule has 2 heterocycles. The molecule has 4 nitrogen and oxygen atoms in total. The molecule has 1 atom stereocenters. The lowest BCUT2D eigenvalue weighted by Crippen LogP contribution is -2.32. The number of benzene rings is 1. The first-order valence-electron chi connectivity index (χ1n) is 7.47. The molecule has 5 heteroatoms. The first-order chi connectivity index (χ1) is 10.5. The molecule has 0 saturated carbocycles. The van der Waals surface area contributed by atoms with E-state index in [1.807, 2.05) is 30.5 Å². The second-order valence-corrected chi connectivity index (χ2v) is 5.90. The van der Waals surface area contributed by atoms with E-state index in [4.69, 9.17) is 5.73 Å². The Morgan fingerprint density at radius 2 is 2.09 bits per heavy atom. The number of nitrogens with zero attached hydrogens (tertiary/aromatic N) is 2. The van der Waals surface area contributed by atoms with Crippen LogP contribution in [0.2, 0.25) is 0 Å². The van der Waals surface area contributed by atoms with E-state index in [1.165, 1.54) is 12.1 Å². The molecule has 1 fully saturated rings. The number of halogens is 1. The quantitative estimate of drug-likeness (QED) is 0.926. The van der Waals surface area contributed by atoms with Gasteiger partial charge in [0.15, 0.2) is 0 Å². The van der Waals surface area contributed by atoms with Crippen LogP contribution in [0, 0.1) is 19.7 Å². The van der Waals surface area contributed by atoms with Crippen LogP contribution in [0.25, 0.3) is 5.69 Å². The predicted octanol–water partition coefficient (Wildman–Crippen LogP) is 2.41. The average molecular weight is 301 g/mol. The Morgan fingerprint density at radius 1 is 1.32 bits per heavy atom. The molecule has 0 unspecified atom stereocenters. The van der Waals surface area contributed by atoms with E-state index in [1.54, 1.807) is 11.0 Å². The molecule has 0 bridgehead atoms. The predicted molar refractivity (Wildman–Crippen MR) is 83.7 cm³/mol. The maximum Gasteiger partial charge on any atom is 0.255 e. The van der Waals surface area contributed by atoms with Gasteiger partial charge in [0.2, 0.25) is 0 Å². The lowest BCUT2D eigenvalue weighted by atomic mass is 10.2. The van der Waals surface area contributed by atoms with Crippen molar-refractivity contribution in [2.45, 2.75) is 26.3 Å². The highest BCUT2D eigenvalue weighted by molar-refractivity contribution is 5.96. The molecule has 22 heavy (non-hydrogen) atoms. The summed E-state index contributed by atoms with van der Waals surface area (Å²) in [4.78, 5) is 14.5. The van der Waals surface area contributed by atoms with Crippen molar-refractivity contribution in [2.75, 3.05) is 13.1 Å². The number of carbonyl (C=O) groups excluding carboxylic acids is 1. The third kappa shape index (κ3) is 2.52. The van der Waals surface area contributed by atoms with Gasteiger partial charge in [-0.2, -0.15) is 0 Å². The normalized spacial score (nSPS) is 18.0. The van der Waals surface area contributed by atoms with Crippen LogP contribution in [-0.2, 0) is 0 Å². The van der Waals surface area contributed by atoms with Gasteiger partial charge in [-0.05, 0) is 44.5 Å². The molecule has 1 aliphatic rings. The van der Waals surface area contributed by atoms with Gasteiger partial charge in [0.25, 0.3) is 5.91 Å². The minimum atomic E-state index is -0.289. The molecule has 2 aromatic rings. The summed E-state index contributed by atoms with van der Waals surface area (Å²) >= 11 is 0. The van der Waals surface area contributed by atoms with Crippen LogP contribution in [0.5, 0.6) is 0 Å². The van der Waals surface area contributed by atoms with Crippen molar-refractivity contribution in [2.24, 2.45) is 5.73 Å². The molecule has 2 N–H and O–H groups in total. The first kappa shape index (κ1) is 14.8. The van der Waals surface area contributed by atoms with Crippen LogP contribution in [0.1, 0.15) is 28.2 Å². The fourth-order valence-corrected chi connectivity index (χ4v) is 3.13. The van der Waals surface area contributed by atoms with Crippen molar-refractivity contribution in [3.8, 4) is 5.69 Å². The van der Waals surface area contributed by atoms with Gasteiger partial charge in [0.05, 0.1) is 5.56 Å². The summed E-state index contributed by atoms with van der Waals surface area (Å²) in [5.74, 6) is -0.285. The molecule has 1 amide bonds. The van der Waals surface area contributed by atoms with Crippen molar-refractivity contribution in [1.82, 2.24) is 9.47 Å². The number of nitrogens with two attached hydrogens (primary N) is 1. The Balaban J connectivity index is 1.98. The number of aryl methyl sites for hydroxylation is 1. The second-order valence-electron chi connectivity index (χ2n) is 5.90. The highest BCUT2D eigenvalue weighted by Gasteiger charge is 2.27. The van der Waals surface area contributed by atoms with E-state index in [9.17, 15) is 9.18 Å². The molecule has 0 spiro atoms. The van der Waals surface area contributed by atoms with Crippen LogP contribution in [0.15, 0.2) is 30.3 Å². The fourth-order valence-electron chi connectivity index (χ4n) is 3.13. The minimum Gasteiger partial charge on any atom is -0.337 e. The summed E-state index contributed by atoms with van der Waals surface area (Å²) in [5.41, 5.74) is 9.01. The van der Waals surface area contributed by atoms with E-state index in [0.717, 1.165) is 23.5 Å². The van der Waals surface area contributed by atoms with Crippen LogP contribution in [0.3, 0.4) is 0 Å². The molecular formula is C17H20FN3O. The van der Waals surface area contributed by atoms with Gasteiger partial charge in [-0.1, -0.05) is 6.07 Å². The van der Waals surface area contributed by atoms with Crippen LogP contribution in [0.4, 0.5) is 4.39 Å². The molecular weight excluding hydrogens is 281 g/mol. The molecule has 1 saturated heterocycles. The van der Waals surface area contributed by atoms with Crippen LogP contribution in [-0.4, -0.2) is 34.5 Å². The van der Waals surface area contributed by atoms with Gasteiger partial charge >= 0.3 is 0 Å². The molecule has 1 aliphatic heterocycles. The molecule has 1 aromatic carbocycles. The zero-order valence-electron chi connectivity index (χ0n) is 12.8. The van der Waals surface area contributed by atoms with E-state index >= 15 is 0 Å². The number of aromatic nitrogens is 1. The van der Waals surface area contributed by atoms with Gasteiger partial charge in [0, 0.05) is 36.2 Å². The highest BCUT2D eigenvalue weighted by atomic mass is 19.1. The molecule has 0 aliphatic carbocycles. The van der Waals surface area contributed by atoms with Crippen LogP contribution < -0.4 is 5.73 Å². The molecule has 1 aromatic heterocycles. The van der Waals surface area contributed by atoms with Gasteiger partial charge in [-0.3, -0.25) is 4.79 Å². The smallest absolute Gasteiger partial charge is 0.255 e. The zero-order chi connectivity index (χ0) is 15.9. The monoisotopic (exact) mass is 301 g/mol. The third-order valence-electron chi connectivity index (χ3n) is 4.24. The summed E-state index contributed by atoms with van der Waals surface area (Å²) in [7, 11) is 0. The third-order valence-corrected chi connectivity index (χ3v) is 4.24. The van der Waals surface area contributed by atoms with Gasteiger partial charge < -0.3 is 15.2 Å². The molecule has 116 valence electrons. The lowest BCUT2D eigenvalue weighted by molar-refractivity contribution is 0.0790. The van der Waals surface area contributed by atoms with Crippen LogP contribution >= 0.6 is 0 Å². The average Bonchev–Trinajstić information content (AvgIpc) is 3.02. The summed E-state index contributed by atoms with van der Waals surface area (Å²) in [6.07, 6.45) is 0.842.